The van der Waals surface area contributed by atoms with Crippen LogP contribution in [0.25, 0.3) is 11.0 Å². The summed E-state index contributed by atoms with van der Waals surface area (Å²) in [6.45, 7) is 4.69. The summed E-state index contributed by atoms with van der Waals surface area (Å²) < 4.78 is 11.9. The van der Waals surface area contributed by atoms with Crippen LogP contribution in [0.15, 0.2) is 45.6 Å². The molecule has 3 aliphatic rings. The van der Waals surface area contributed by atoms with Gasteiger partial charge in [-0.2, -0.15) is 0 Å². The number of rotatable bonds is 2. The summed E-state index contributed by atoms with van der Waals surface area (Å²) in [7, 11) is 1.68. The zero-order valence-electron chi connectivity index (χ0n) is 18.8. The molecular weight excluding hydrogens is 420 g/mol. The summed E-state index contributed by atoms with van der Waals surface area (Å²) in [5.41, 5.74) is 1.79. The van der Waals surface area contributed by atoms with Gasteiger partial charge in [-0.05, 0) is 56.0 Å². The molecule has 4 heterocycles. The molecule has 1 saturated heterocycles. The van der Waals surface area contributed by atoms with Crippen LogP contribution in [0.1, 0.15) is 45.7 Å². The Hall–Kier alpha value is -3.45. The summed E-state index contributed by atoms with van der Waals surface area (Å²) >= 11 is 0. The molecule has 2 amide bonds. The second-order valence-corrected chi connectivity index (χ2v) is 9.21. The molecule has 0 aliphatic carbocycles. The molecule has 7 nitrogen and oxygen atoms in total. The average Bonchev–Trinajstić information content (AvgIpc) is 3.46. The highest BCUT2D eigenvalue weighted by Gasteiger charge is 2.64. The van der Waals surface area contributed by atoms with Gasteiger partial charge < -0.3 is 19.0 Å². The Balaban J connectivity index is 1.71. The van der Waals surface area contributed by atoms with Crippen molar-refractivity contribution in [3.8, 4) is 0 Å². The second-order valence-electron chi connectivity index (χ2n) is 9.21. The summed E-state index contributed by atoms with van der Waals surface area (Å²) in [6.07, 6.45) is 1.50. The predicted octanol–water partition coefficient (Wildman–Crippen LogP) is 3.26. The molecule has 168 valence electrons. The second kappa shape index (κ2) is 6.78. The monoisotopic (exact) mass is 444 g/mol. The maximum Gasteiger partial charge on any atom is 0.291 e. The van der Waals surface area contributed by atoms with E-state index in [-0.39, 0.29) is 35.3 Å². The molecule has 7 heteroatoms. The Morgan fingerprint density at radius 3 is 2.61 bits per heavy atom. The van der Waals surface area contributed by atoms with Crippen LogP contribution >= 0.6 is 0 Å². The van der Waals surface area contributed by atoms with Crippen molar-refractivity contribution in [3.63, 3.8) is 0 Å². The average molecular weight is 444 g/mol. The molecule has 33 heavy (non-hydrogen) atoms. The zero-order valence-corrected chi connectivity index (χ0v) is 18.8. The van der Waals surface area contributed by atoms with Gasteiger partial charge in [0.2, 0.25) is 5.76 Å². The lowest BCUT2D eigenvalue weighted by Crippen LogP contribution is -2.54. The van der Waals surface area contributed by atoms with Crippen LogP contribution in [-0.4, -0.2) is 43.0 Å². The van der Waals surface area contributed by atoms with Crippen molar-refractivity contribution in [1.82, 2.24) is 4.90 Å². The summed E-state index contributed by atoms with van der Waals surface area (Å²) in [5, 5.41) is 0.378. The fraction of sp³-hybridized carbons (Fsp3) is 0.346. The molecule has 2 atom stereocenters. The van der Waals surface area contributed by atoms with E-state index in [4.69, 9.17) is 9.15 Å². The van der Waals surface area contributed by atoms with Crippen LogP contribution in [0.2, 0.25) is 0 Å². The minimum atomic E-state index is -1.56. The Bertz CT molecular complexity index is 1420. The lowest BCUT2D eigenvalue weighted by atomic mass is 9.83. The summed E-state index contributed by atoms with van der Waals surface area (Å²) in [4.78, 5) is 44.9. The third-order valence-corrected chi connectivity index (χ3v) is 7.39. The van der Waals surface area contributed by atoms with E-state index in [0.717, 1.165) is 24.0 Å². The number of carbonyl (C=O) groups excluding carboxylic acids is 2. The number of ether oxygens (including phenoxy) is 1. The SMILES string of the molecule is Cc1cc2oc3c(c(=O)c2cc1C)[C@@]1(C(=O)N(C)c2ccccc21)N(C[C@H]1CCCO1)C3=O. The first-order chi connectivity index (χ1) is 15.9. The van der Waals surface area contributed by atoms with Gasteiger partial charge in [0, 0.05) is 31.5 Å². The van der Waals surface area contributed by atoms with E-state index < -0.39 is 11.4 Å². The van der Waals surface area contributed by atoms with Crippen LogP contribution in [-0.2, 0) is 15.1 Å². The summed E-state index contributed by atoms with van der Waals surface area (Å²) in [5.74, 6) is -0.826. The topological polar surface area (TPSA) is 80.1 Å². The molecule has 3 aromatic rings. The highest BCUT2D eigenvalue weighted by atomic mass is 16.5. The van der Waals surface area contributed by atoms with Crippen LogP contribution in [0.4, 0.5) is 5.69 Å². The first kappa shape index (κ1) is 20.2. The largest absolute Gasteiger partial charge is 0.450 e. The van der Waals surface area contributed by atoms with Crippen molar-refractivity contribution in [3.05, 3.63) is 74.6 Å². The normalized spacial score (nSPS) is 23.8. The molecule has 3 aliphatic heterocycles. The third kappa shape index (κ3) is 2.45. The lowest BCUT2D eigenvalue weighted by molar-refractivity contribution is -0.126. The number of hydrogen-bond donors (Lipinski definition) is 0. The Labute approximate surface area is 190 Å². The van der Waals surface area contributed by atoms with Gasteiger partial charge in [-0.1, -0.05) is 18.2 Å². The van der Waals surface area contributed by atoms with Crippen LogP contribution in [0.3, 0.4) is 0 Å². The van der Waals surface area contributed by atoms with E-state index in [1.54, 1.807) is 19.2 Å². The van der Waals surface area contributed by atoms with Crippen molar-refractivity contribution in [2.45, 2.75) is 38.3 Å². The number of benzene rings is 2. The van der Waals surface area contributed by atoms with Gasteiger partial charge in [-0.15, -0.1) is 0 Å². The Kier molecular flexibility index (Phi) is 4.14. The van der Waals surface area contributed by atoms with Gasteiger partial charge in [-0.25, -0.2) is 0 Å². The van der Waals surface area contributed by atoms with Crippen LogP contribution < -0.4 is 10.3 Å². The van der Waals surface area contributed by atoms with E-state index in [2.05, 4.69) is 0 Å². The fourth-order valence-electron chi connectivity index (χ4n) is 5.59. The van der Waals surface area contributed by atoms with E-state index in [1.807, 2.05) is 38.1 Å². The number of fused-ring (bicyclic) bond motifs is 5. The zero-order chi connectivity index (χ0) is 23.1. The summed E-state index contributed by atoms with van der Waals surface area (Å²) in [6, 6.07) is 10.9. The number of aryl methyl sites for hydroxylation is 2. The number of hydrogen-bond acceptors (Lipinski definition) is 5. The van der Waals surface area contributed by atoms with E-state index in [1.165, 1.54) is 9.80 Å². The first-order valence-electron chi connectivity index (χ1n) is 11.3. The van der Waals surface area contributed by atoms with Crippen molar-refractivity contribution in [1.29, 1.82) is 0 Å². The van der Waals surface area contributed by atoms with Gasteiger partial charge in [-0.3, -0.25) is 14.4 Å². The quantitative estimate of drug-likeness (QED) is 0.606. The predicted molar refractivity (Wildman–Crippen MR) is 123 cm³/mol. The molecule has 6 rings (SSSR count). The minimum Gasteiger partial charge on any atom is -0.450 e. The lowest BCUT2D eigenvalue weighted by Gasteiger charge is -2.35. The van der Waals surface area contributed by atoms with Gasteiger partial charge in [0.1, 0.15) is 5.58 Å². The third-order valence-electron chi connectivity index (χ3n) is 7.39. The van der Waals surface area contributed by atoms with E-state index in [9.17, 15) is 14.4 Å². The highest BCUT2D eigenvalue weighted by Crippen LogP contribution is 2.52. The molecule has 2 aromatic carbocycles. The maximum absolute atomic E-state index is 14.0. The first-order valence-corrected chi connectivity index (χ1v) is 11.3. The molecule has 0 N–H and O–H groups in total. The van der Waals surface area contributed by atoms with E-state index >= 15 is 0 Å². The van der Waals surface area contributed by atoms with Gasteiger partial charge in [0.15, 0.2) is 11.0 Å². The molecule has 1 spiro atoms. The molecular formula is C26H24N2O5. The molecule has 0 radical (unpaired) electrons. The van der Waals surface area contributed by atoms with Crippen LogP contribution in [0, 0.1) is 13.8 Å². The Morgan fingerprint density at radius 2 is 1.85 bits per heavy atom. The number of para-hydroxylation sites is 1. The fourth-order valence-corrected chi connectivity index (χ4v) is 5.59. The molecule has 0 bridgehead atoms. The van der Waals surface area contributed by atoms with Gasteiger partial charge in [0.25, 0.3) is 11.8 Å². The number of amides is 2. The van der Waals surface area contributed by atoms with Crippen molar-refractivity contribution in [2.75, 3.05) is 25.1 Å². The van der Waals surface area contributed by atoms with Crippen LogP contribution in [0.5, 0.6) is 0 Å². The van der Waals surface area contributed by atoms with Gasteiger partial charge in [0.05, 0.1) is 17.1 Å². The smallest absolute Gasteiger partial charge is 0.291 e. The number of nitrogens with zero attached hydrogens (tertiary/aromatic N) is 2. The minimum absolute atomic E-state index is 0.0489. The van der Waals surface area contributed by atoms with Gasteiger partial charge >= 0.3 is 0 Å². The van der Waals surface area contributed by atoms with Crippen molar-refractivity contribution < 1.29 is 18.7 Å². The number of likely N-dealkylation sites (N-methyl/N-ethyl adjacent to an activating group) is 1. The standard InChI is InChI=1S/C26H24N2O5/c1-14-11-17-20(12-15(14)2)33-23-21(22(17)29)26(28(24(23)30)13-16-7-6-10-32-16)18-8-4-5-9-19(18)27(3)25(26)31/h4-5,8-9,11-12,16H,6-7,10,13H2,1-3H3/t16-,26+/m1/s1. The Morgan fingerprint density at radius 1 is 1.09 bits per heavy atom. The molecule has 1 fully saturated rings. The molecule has 0 saturated carbocycles. The molecule has 0 unspecified atom stereocenters. The van der Waals surface area contributed by atoms with Crippen molar-refractivity contribution >= 4 is 28.5 Å². The maximum atomic E-state index is 14.0. The van der Waals surface area contributed by atoms with E-state index in [0.29, 0.717) is 28.8 Å². The molecule has 1 aromatic heterocycles. The van der Waals surface area contributed by atoms with Crippen molar-refractivity contribution in [2.24, 2.45) is 0 Å². The number of carbonyl (C=O) groups is 2. The number of anilines is 1. The highest BCUT2D eigenvalue weighted by molar-refractivity contribution is 6.16.